The summed E-state index contributed by atoms with van der Waals surface area (Å²) in [6.45, 7) is 11.3. The van der Waals surface area contributed by atoms with Gasteiger partial charge in [-0.3, -0.25) is 14.4 Å². The Morgan fingerprint density at radius 3 is 0.942 bits per heavy atom. The molecule has 0 fully saturated rings. The van der Waals surface area contributed by atoms with Crippen molar-refractivity contribution in [2.24, 2.45) is 11.8 Å². The maximum atomic E-state index is 12.7. The number of unbranched alkanes of at least 4 members (excludes halogenated alkanes) is 25. The van der Waals surface area contributed by atoms with Gasteiger partial charge in [-0.15, -0.1) is 0 Å². The number of rotatable bonds is 40. The van der Waals surface area contributed by atoms with Crippen molar-refractivity contribution in [1.82, 2.24) is 0 Å². The number of ether oxygens (including phenoxy) is 3. The summed E-state index contributed by atoms with van der Waals surface area (Å²) in [6.07, 6.45) is 36.7. The summed E-state index contributed by atoms with van der Waals surface area (Å²) in [7, 11) is 0. The van der Waals surface area contributed by atoms with E-state index in [9.17, 15) is 14.4 Å². The highest BCUT2D eigenvalue weighted by molar-refractivity contribution is 5.71. The molecule has 0 saturated carbocycles. The lowest BCUT2D eigenvalue weighted by atomic mass is 10.0. The van der Waals surface area contributed by atoms with E-state index in [-0.39, 0.29) is 31.1 Å². The predicted octanol–water partition coefficient (Wildman–Crippen LogP) is 14.2. The minimum absolute atomic E-state index is 0.0653. The van der Waals surface area contributed by atoms with E-state index >= 15 is 0 Å². The quantitative estimate of drug-likeness (QED) is 0.0354. The number of esters is 3. The van der Waals surface area contributed by atoms with E-state index in [1.165, 1.54) is 135 Å². The Kier molecular flexibility index (Phi) is 37.9. The van der Waals surface area contributed by atoms with Crippen LogP contribution in [-0.4, -0.2) is 37.2 Å². The smallest absolute Gasteiger partial charge is 0.306 e. The lowest BCUT2D eigenvalue weighted by molar-refractivity contribution is -0.167. The van der Waals surface area contributed by atoms with Crippen molar-refractivity contribution in [1.29, 1.82) is 0 Å². The third-order valence-corrected chi connectivity index (χ3v) is 10.2. The molecule has 0 aliphatic carbocycles. The molecule has 0 radical (unpaired) electrons. The molecule has 0 aromatic heterocycles. The van der Waals surface area contributed by atoms with E-state index in [1.54, 1.807) is 0 Å². The molecule has 0 aliphatic rings. The van der Waals surface area contributed by atoms with Crippen LogP contribution in [0.3, 0.4) is 0 Å². The summed E-state index contributed by atoms with van der Waals surface area (Å²) >= 11 is 0. The molecule has 0 aromatic carbocycles. The van der Waals surface area contributed by atoms with Gasteiger partial charge in [0, 0.05) is 19.3 Å². The van der Waals surface area contributed by atoms with Gasteiger partial charge in [0.1, 0.15) is 13.2 Å². The first-order chi connectivity index (χ1) is 25.2. The van der Waals surface area contributed by atoms with Crippen LogP contribution in [0.15, 0.2) is 0 Å². The fraction of sp³-hybridized carbons (Fsp3) is 0.935. The summed E-state index contributed by atoms with van der Waals surface area (Å²) in [6, 6.07) is 0. The Morgan fingerprint density at radius 1 is 0.365 bits per heavy atom. The van der Waals surface area contributed by atoms with Gasteiger partial charge in [-0.2, -0.15) is 0 Å². The van der Waals surface area contributed by atoms with Gasteiger partial charge in [-0.25, -0.2) is 0 Å². The summed E-state index contributed by atoms with van der Waals surface area (Å²) in [5.74, 6) is 0.776. The number of hydrogen-bond donors (Lipinski definition) is 0. The summed E-state index contributed by atoms with van der Waals surface area (Å²) in [5, 5.41) is 0. The molecular formula is C46H88O6. The van der Waals surface area contributed by atoms with E-state index in [4.69, 9.17) is 14.2 Å². The molecule has 0 spiro atoms. The highest BCUT2D eigenvalue weighted by Crippen LogP contribution is 2.16. The van der Waals surface area contributed by atoms with Gasteiger partial charge in [0.2, 0.25) is 0 Å². The second-order valence-electron chi connectivity index (χ2n) is 16.6. The van der Waals surface area contributed by atoms with Crippen LogP contribution in [-0.2, 0) is 28.6 Å². The predicted molar refractivity (Wildman–Crippen MR) is 220 cm³/mol. The van der Waals surface area contributed by atoms with Crippen LogP contribution in [0.4, 0.5) is 0 Å². The summed E-state index contributed by atoms with van der Waals surface area (Å²) < 4.78 is 16.7. The average Bonchev–Trinajstić information content (AvgIpc) is 3.11. The molecule has 6 nitrogen and oxygen atoms in total. The van der Waals surface area contributed by atoms with Crippen molar-refractivity contribution in [2.75, 3.05) is 13.2 Å². The van der Waals surface area contributed by atoms with E-state index < -0.39 is 6.10 Å². The third kappa shape index (κ3) is 39.6. The maximum Gasteiger partial charge on any atom is 0.306 e. The van der Waals surface area contributed by atoms with Gasteiger partial charge < -0.3 is 14.2 Å². The molecule has 0 amide bonds. The Morgan fingerprint density at radius 2 is 0.635 bits per heavy atom. The SMILES string of the molecule is CCCCCCCCCC(=O)OC[C@H](COC(=O)CCCCCCCCCCCCCCC(C)C)OC(=O)CCCCCCCCCCCC(C)C. The van der Waals surface area contributed by atoms with Gasteiger partial charge in [-0.1, -0.05) is 208 Å². The zero-order valence-corrected chi connectivity index (χ0v) is 35.4. The molecule has 1 atom stereocenters. The van der Waals surface area contributed by atoms with Gasteiger partial charge in [0.05, 0.1) is 0 Å². The van der Waals surface area contributed by atoms with Crippen LogP contribution in [0.1, 0.15) is 247 Å². The van der Waals surface area contributed by atoms with Crippen molar-refractivity contribution in [3.8, 4) is 0 Å². The average molecular weight is 737 g/mol. The third-order valence-electron chi connectivity index (χ3n) is 10.2. The monoisotopic (exact) mass is 737 g/mol. The molecule has 0 unspecified atom stereocenters. The summed E-state index contributed by atoms with van der Waals surface area (Å²) in [5.41, 5.74) is 0. The molecule has 308 valence electrons. The molecule has 0 rings (SSSR count). The molecule has 0 heterocycles. The fourth-order valence-corrected chi connectivity index (χ4v) is 6.75. The number of hydrogen-bond acceptors (Lipinski definition) is 6. The zero-order valence-electron chi connectivity index (χ0n) is 35.4. The van der Waals surface area contributed by atoms with Crippen LogP contribution >= 0.6 is 0 Å². The second-order valence-corrected chi connectivity index (χ2v) is 16.6. The van der Waals surface area contributed by atoms with Gasteiger partial charge in [0.15, 0.2) is 6.10 Å². The van der Waals surface area contributed by atoms with Crippen molar-refractivity contribution < 1.29 is 28.6 Å². The fourth-order valence-electron chi connectivity index (χ4n) is 6.75. The highest BCUT2D eigenvalue weighted by Gasteiger charge is 2.19. The van der Waals surface area contributed by atoms with Crippen molar-refractivity contribution >= 4 is 17.9 Å². The lowest BCUT2D eigenvalue weighted by Crippen LogP contribution is -2.30. The topological polar surface area (TPSA) is 78.9 Å². The normalized spacial score (nSPS) is 12.1. The standard InChI is InChI=1S/C46H88O6/c1-6-7-8-9-19-26-31-36-44(47)50-39-43(52-46(49)38-33-28-23-18-14-16-21-25-30-35-42(4)5)40-51-45(48)37-32-27-22-17-13-11-10-12-15-20-24-29-34-41(2)3/h41-43H,6-40H2,1-5H3/t43-/m1/s1. The van der Waals surface area contributed by atoms with Crippen LogP contribution < -0.4 is 0 Å². The molecular weight excluding hydrogens is 649 g/mol. The maximum absolute atomic E-state index is 12.7. The summed E-state index contributed by atoms with van der Waals surface area (Å²) in [4.78, 5) is 37.6. The first-order valence-corrected chi connectivity index (χ1v) is 22.7. The molecule has 52 heavy (non-hydrogen) atoms. The van der Waals surface area contributed by atoms with Crippen LogP contribution in [0.2, 0.25) is 0 Å². The molecule has 0 N–H and O–H groups in total. The molecule has 0 saturated heterocycles. The van der Waals surface area contributed by atoms with E-state index in [0.717, 1.165) is 69.6 Å². The lowest BCUT2D eigenvalue weighted by Gasteiger charge is -2.18. The van der Waals surface area contributed by atoms with E-state index in [1.807, 2.05) is 0 Å². The van der Waals surface area contributed by atoms with Gasteiger partial charge in [0.25, 0.3) is 0 Å². The minimum atomic E-state index is -0.759. The second kappa shape index (κ2) is 39.1. The first-order valence-electron chi connectivity index (χ1n) is 22.7. The Bertz CT molecular complexity index is 794. The van der Waals surface area contributed by atoms with Gasteiger partial charge >= 0.3 is 17.9 Å². The zero-order chi connectivity index (χ0) is 38.3. The Balaban J connectivity index is 4.26. The Labute approximate surface area is 323 Å². The van der Waals surface area contributed by atoms with E-state index in [2.05, 4.69) is 34.6 Å². The molecule has 0 aliphatic heterocycles. The Hall–Kier alpha value is -1.59. The molecule has 6 heteroatoms. The first kappa shape index (κ1) is 50.4. The van der Waals surface area contributed by atoms with Gasteiger partial charge in [-0.05, 0) is 31.1 Å². The van der Waals surface area contributed by atoms with Crippen LogP contribution in [0.5, 0.6) is 0 Å². The number of carbonyl (C=O) groups excluding carboxylic acids is 3. The highest BCUT2D eigenvalue weighted by atomic mass is 16.6. The molecule has 0 bridgehead atoms. The largest absolute Gasteiger partial charge is 0.462 e. The van der Waals surface area contributed by atoms with Crippen molar-refractivity contribution in [3.63, 3.8) is 0 Å². The minimum Gasteiger partial charge on any atom is -0.462 e. The van der Waals surface area contributed by atoms with Crippen molar-refractivity contribution in [2.45, 2.75) is 253 Å². The molecule has 0 aromatic rings. The van der Waals surface area contributed by atoms with Crippen LogP contribution in [0, 0.1) is 11.8 Å². The number of carbonyl (C=O) groups is 3. The van der Waals surface area contributed by atoms with Crippen molar-refractivity contribution in [3.05, 3.63) is 0 Å². The van der Waals surface area contributed by atoms with Crippen LogP contribution in [0.25, 0.3) is 0 Å². The van der Waals surface area contributed by atoms with E-state index in [0.29, 0.717) is 19.3 Å².